The Morgan fingerprint density at radius 3 is 1.82 bits per heavy atom. The predicted molar refractivity (Wildman–Crippen MR) is 140 cm³/mol. The first kappa shape index (κ1) is 23.0. The van der Waals surface area contributed by atoms with Crippen molar-refractivity contribution in [3.8, 4) is 33.9 Å². The van der Waals surface area contributed by atoms with Gasteiger partial charge in [0.25, 0.3) is 5.82 Å². The zero-order valence-corrected chi connectivity index (χ0v) is 20.6. The van der Waals surface area contributed by atoms with Gasteiger partial charge >= 0.3 is 0 Å². The van der Waals surface area contributed by atoms with Crippen LogP contribution < -0.4 is 4.57 Å². The molecule has 0 radical (unpaired) electrons. The SMILES string of the molecule is CCCCn1c(-c2ccccc2)c(-c2ccccc2)[n+](CCCC)c1-c1c(C)cccc1C. The van der Waals surface area contributed by atoms with Crippen LogP contribution in [-0.4, -0.2) is 4.57 Å². The van der Waals surface area contributed by atoms with E-state index in [0.717, 1.165) is 25.9 Å². The lowest BCUT2D eigenvalue weighted by molar-refractivity contribution is -0.675. The van der Waals surface area contributed by atoms with Crippen molar-refractivity contribution >= 4 is 0 Å². The number of aromatic nitrogens is 2. The molecule has 0 aliphatic carbocycles. The fourth-order valence-corrected chi connectivity index (χ4v) is 4.90. The summed E-state index contributed by atoms with van der Waals surface area (Å²) in [6.45, 7) is 11.1. The van der Waals surface area contributed by atoms with Crippen molar-refractivity contribution in [3.63, 3.8) is 0 Å². The average molecular weight is 438 g/mol. The lowest BCUT2D eigenvalue weighted by atomic mass is 10.0. The molecule has 33 heavy (non-hydrogen) atoms. The molecule has 3 aromatic carbocycles. The largest absolute Gasteiger partial charge is 0.290 e. The summed E-state index contributed by atoms with van der Waals surface area (Å²) in [5.41, 5.74) is 9.31. The van der Waals surface area contributed by atoms with Crippen LogP contribution in [0.15, 0.2) is 78.9 Å². The standard InChI is InChI=1S/C31H37N2/c1-5-7-22-32-29(26-18-11-9-12-19-26)30(27-20-13-10-14-21-27)33(23-8-6-2)31(32)28-24(3)16-15-17-25(28)4/h9-21H,5-8,22-23H2,1-4H3/q+1. The average Bonchev–Trinajstić information content (AvgIpc) is 3.16. The molecule has 0 saturated heterocycles. The lowest BCUT2D eigenvalue weighted by Gasteiger charge is -2.11. The van der Waals surface area contributed by atoms with Gasteiger partial charge in [-0.3, -0.25) is 0 Å². The van der Waals surface area contributed by atoms with Crippen LogP contribution in [0.5, 0.6) is 0 Å². The second-order valence-electron chi connectivity index (χ2n) is 9.03. The van der Waals surface area contributed by atoms with E-state index in [4.69, 9.17) is 0 Å². The molecule has 0 aliphatic rings. The van der Waals surface area contributed by atoms with Gasteiger partial charge in [-0.2, -0.15) is 0 Å². The maximum atomic E-state index is 2.62. The van der Waals surface area contributed by atoms with Gasteiger partial charge in [-0.05, 0) is 37.8 Å². The monoisotopic (exact) mass is 437 g/mol. The fraction of sp³-hybridized carbons (Fsp3) is 0.323. The van der Waals surface area contributed by atoms with E-state index in [-0.39, 0.29) is 0 Å². The van der Waals surface area contributed by atoms with Gasteiger partial charge in [0.05, 0.1) is 18.7 Å². The third-order valence-corrected chi connectivity index (χ3v) is 6.55. The van der Waals surface area contributed by atoms with Crippen molar-refractivity contribution in [2.45, 2.75) is 66.5 Å². The molecule has 170 valence electrons. The highest BCUT2D eigenvalue weighted by atomic mass is 15.2. The highest BCUT2D eigenvalue weighted by Crippen LogP contribution is 2.37. The van der Waals surface area contributed by atoms with Gasteiger partial charge in [0, 0.05) is 11.1 Å². The molecule has 0 fully saturated rings. The zero-order valence-electron chi connectivity index (χ0n) is 20.6. The van der Waals surface area contributed by atoms with E-state index < -0.39 is 0 Å². The zero-order chi connectivity index (χ0) is 23.2. The summed E-state index contributed by atoms with van der Waals surface area (Å²) < 4.78 is 5.23. The molecule has 0 amide bonds. The molecule has 0 saturated carbocycles. The first-order valence-corrected chi connectivity index (χ1v) is 12.5. The summed E-state index contributed by atoms with van der Waals surface area (Å²) in [5.74, 6) is 1.35. The van der Waals surface area contributed by atoms with Crippen LogP contribution >= 0.6 is 0 Å². The van der Waals surface area contributed by atoms with E-state index in [1.54, 1.807) is 0 Å². The number of unbranched alkanes of at least 4 members (excludes halogenated alkanes) is 2. The topological polar surface area (TPSA) is 8.81 Å². The van der Waals surface area contributed by atoms with Crippen LogP contribution in [0.2, 0.25) is 0 Å². The minimum absolute atomic E-state index is 1.02. The van der Waals surface area contributed by atoms with E-state index >= 15 is 0 Å². The second-order valence-corrected chi connectivity index (χ2v) is 9.03. The normalized spacial score (nSPS) is 11.2. The molecule has 0 unspecified atom stereocenters. The molecule has 0 N–H and O–H groups in total. The third kappa shape index (κ3) is 4.66. The minimum Gasteiger partial charge on any atom is -0.222 e. The van der Waals surface area contributed by atoms with Gasteiger partial charge < -0.3 is 0 Å². The van der Waals surface area contributed by atoms with Crippen LogP contribution in [0.25, 0.3) is 33.9 Å². The number of imidazole rings is 1. The van der Waals surface area contributed by atoms with Crippen molar-refractivity contribution < 1.29 is 4.57 Å². The molecule has 0 spiro atoms. The van der Waals surface area contributed by atoms with Gasteiger partial charge in [-0.15, -0.1) is 0 Å². The fourth-order valence-electron chi connectivity index (χ4n) is 4.90. The maximum Gasteiger partial charge on any atom is 0.290 e. The molecule has 0 atom stereocenters. The number of rotatable bonds is 9. The van der Waals surface area contributed by atoms with Gasteiger partial charge in [-0.25, -0.2) is 9.13 Å². The van der Waals surface area contributed by atoms with E-state index in [0.29, 0.717) is 0 Å². The Balaban J connectivity index is 2.15. The van der Waals surface area contributed by atoms with Gasteiger partial charge in [-0.1, -0.05) is 106 Å². The summed E-state index contributed by atoms with van der Waals surface area (Å²) in [7, 11) is 0. The van der Waals surface area contributed by atoms with Crippen LogP contribution in [0.3, 0.4) is 0 Å². The quantitative estimate of drug-likeness (QED) is 0.235. The number of benzene rings is 3. The van der Waals surface area contributed by atoms with Gasteiger partial charge in [0.1, 0.15) is 0 Å². The Bertz CT molecular complexity index is 1100. The summed E-state index contributed by atoms with van der Waals surface area (Å²) >= 11 is 0. The Morgan fingerprint density at radius 2 is 1.24 bits per heavy atom. The van der Waals surface area contributed by atoms with Crippen molar-refractivity contribution in [3.05, 3.63) is 90.0 Å². The first-order chi connectivity index (χ1) is 16.2. The molecule has 1 heterocycles. The number of aryl methyl sites for hydroxylation is 2. The highest BCUT2D eigenvalue weighted by Gasteiger charge is 2.34. The predicted octanol–water partition coefficient (Wildman–Crippen LogP) is 7.99. The Kier molecular flexibility index (Phi) is 7.44. The molecular weight excluding hydrogens is 400 g/mol. The molecular formula is C31H37N2+. The van der Waals surface area contributed by atoms with Crippen molar-refractivity contribution in [2.24, 2.45) is 0 Å². The molecule has 4 aromatic rings. The van der Waals surface area contributed by atoms with Crippen molar-refractivity contribution in [2.75, 3.05) is 0 Å². The highest BCUT2D eigenvalue weighted by molar-refractivity contribution is 5.80. The first-order valence-electron chi connectivity index (χ1n) is 12.5. The van der Waals surface area contributed by atoms with Crippen molar-refractivity contribution in [1.82, 2.24) is 4.57 Å². The van der Waals surface area contributed by atoms with E-state index in [9.17, 15) is 0 Å². The van der Waals surface area contributed by atoms with Gasteiger partial charge in [0.2, 0.25) is 0 Å². The second kappa shape index (κ2) is 10.7. The Morgan fingerprint density at radius 1 is 0.667 bits per heavy atom. The Labute approximate surface area is 199 Å². The van der Waals surface area contributed by atoms with Gasteiger partial charge in [0.15, 0.2) is 11.4 Å². The van der Waals surface area contributed by atoms with Crippen LogP contribution in [0.4, 0.5) is 0 Å². The number of nitrogens with zero attached hydrogens (tertiary/aromatic N) is 2. The number of hydrogen-bond donors (Lipinski definition) is 0. The Hall–Kier alpha value is -3.13. The maximum absolute atomic E-state index is 2.62. The van der Waals surface area contributed by atoms with E-state index in [1.807, 2.05) is 0 Å². The van der Waals surface area contributed by atoms with E-state index in [2.05, 4.69) is 116 Å². The molecule has 0 aliphatic heterocycles. The smallest absolute Gasteiger partial charge is 0.222 e. The minimum atomic E-state index is 1.02. The van der Waals surface area contributed by atoms with Crippen LogP contribution in [0, 0.1) is 13.8 Å². The number of hydrogen-bond acceptors (Lipinski definition) is 0. The molecule has 1 aromatic heterocycles. The van der Waals surface area contributed by atoms with Crippen LogP contribution in [0.1, 0.15) is 50.7 Å². The van der Waals surface area contributed by atoms with Crippen LogP contribution in [-0.2, 0) is 13.1 Å². The summed E-state index contributed by atoms with van der Waals surface area (Å²) in [6.07, 6.45) is 4.67. The lowest BCUT2D eigenvalue weighted by Crippen LogP contribution is -2.38. The molecule has 2 nitrogen and oxygen atoms in total. The molecule has 0 bridgehead atoms. The summed E-state index contributed by atoms with van der Waals surface area (Å²) in [4.78, 5) is 0. The summed E-state index contributed by atoms with van der Waals surface area (Å²) in [5, 5.41) is 0. The third-order valence-electron chi connectivity index (χ3n) is 6.55. The summed E-state index contributed by atoms with van der Waals surface area (Å²) in [6, 6.07) is 28.6. The van der Waals surface area contributed by atoms with E-state index in [1.165, 1.54) is 57.9 Å². The molecule has 4 rings (SSSR count). The van der Waals surface area contributed by atoms with Crippen molar-refractivity contribution in [1.29, 1.82) is 0 Å². The molecule has 2 heteroatoms.